The summed E-state index contributed by atoms with van der Waals surface area (Å²) in [6.07, 6.45) is 8.16. The predicted molar refractivity (Wildman–Crippen MR) is 105 cm³/mol. The van der Waals surface area contributed by atoms with Gasteiger partial charge in [0.1, 0.15) is 10.6 Å². The Labute approximate surface area is 154 Å². The highest BCUT2D eigenvalue weighted by Gasteiger charge is 2.14. The molecule has 3 rings (SSSR count). The third-order valence-electron chi connectivity index (χ3n) is 3.79. The minimum atomic E-state index is -1.54. The molecule has 1 N–H and O–H groups in total. The van der Waals surface area contributed by atoms with E-state index >= 15 is 0 Å². The van der Waals surface area contributed by atoms with Crippen LogP contribution in [0.4, 0.5) is 5.69 Å². The van der Waals surface area contributed by atoms with Gasteiger partial charge < -0.3 is 9.15 Å². The molecule has 3 aromatic rings. The van der Waals surface area contributed by atoms with Crippen molar-refractivity contribution in [3.05, 3.63) is 73.5 Å². The molecule has 0 aliphatic heterocycles. The molecule has 0 radical (unpaired) electrons. The van der Waals surface area contributed by atoms with E-state index in [9.17, 15) is 4.21 Å². The maximum Gasteiger partial charge on any atom is 0.154 e. The highest BCUT2D eigenvalue weighted by Crippen LogP contribution is 2.30. The van der Waals surface area contributed by atoms with Crippen molar-refractivity contribution in [1.29, 1.82) is 0 Å². The molecule has 0 saturated carbocycles. The molecule has 1 atom stereocenters. The average Bonchev–Trinajstić information content (AvgIpc) is 3.22. The van der Waals surface area contributed by atoms with Gasteiger partial charge in [0.05, 0.1) is 37.2 Å². The van der Waals surface area contributed by atoms with Crippen LogP contribution >= 0.6 is 0 Å². The number of ether oxygens (including phenoxy) is 1. The van der Waals surface area contributed by atoms with Crippen LogP contribution < -0.4 is 9.46 Å². The van der Waals surface area contributed by atoms with E-state index in [-0.39, 0.29) is 0 Å². The van der Waals surface area contributed by atoms with E-state index in [4.69, 9.17) is 9.15 Å². The molecule has 1 unspecified atom stereocenters. The Morgan fingerprint density at radius 1 is 1.19 bits per heavy atom. The second-order valence-electron chi connectivity index (χ2n) is 5.36. The second-order valence-corrected chi connectivity index (χ2v) is 6.54. The fourth-order valence-corrected chi connectivity index (χ4v) is 3.48. The zero-order chi connectivity index (χ0) is 18.5. The van der Waals surface area contributed by atoms with Gasteiger partial charge in [-0.1, -0.05) is 25.3 Å². The lowest BCUT2D eigenvalue weighted by molar-refractivity contribution is 0.404. The minimum Gasteiger partial charge on any atom is -0.495 e. The molecule has 2 heterocycles. The zero-order valence-corrected chi connectivity index (χ0v) is 15.1. The molecule has 1 aromatic carbocycles. The maximum atomic E-state index is 12.9. The Balaban J connectivity index is 1.93. The molecule has 5 nitrogen and oxygen atoms in total. The molecule has 0 amide bonds. The number of rotatable bonds is 7. The number of hydrogen-bond acceptors (Lipinski definition) is 4. The summed E-state index contributed by atoms with van der Waals surface area (Å²) in [5.41, 5.74) is 3.92. The molecule has 0 aliphatic rings. The summed E-state index contributed by atoms with van der Waals surface area (Å²) in [4.78, 5) is 4.81. The summed E-state index contributed by atoms with van der Waals surface area (Å²) in [5, 5.41) is 0. The molecule has 2 aromatic heterocycles. The molecule has 0 bridgehead atoms. The van der Waals surface area contributed by atoms with Gasteiger partial charge in [-0.2, -0.15) is 0 Å². The van der Waals surface area contributed by atoms with Crippen molar-refractivity contribution < 1.29 is 13.4 Å². The number of methoxy groups -OCH3 is 1. The van der Waals surface area contributed by atoms with Crippen molar-refractivity contribution >= 4 is 28.8 Å². The van der Waals surface area contributed by atoms with Crippen LogP contribution in [0.15, 0.2) is 71.5 Å². The fraction of sp³-hybridized carbons (Fsp3) is 0.0500. The summed E-state index contributed by atoms with van der Waals surface area (Å²) in [5.74, 6) is 0.530. The lowest BCUT2D eigenvalue weighted by Crippen LogP contribution is -2.07. The fourth-order valence-electron chi connectivity index (χ4n) is 2.47. The molecule has 26 heavy (non-hydrogen) atoms. The van der Waals surface area contributed by atoms with Crippen LogP contribution in [-0.4, -0.2) is 16.3 Å². The number of hydrogen-bond donors (Lipinski definition) is 1. The molecular formula is C20H18N2O3S. The van der Waals surface area contributed by atoms with Crippen molar-refractivity contribution in [2.45, 2.75) is 4.90 Å². The van der Waals surface area contributed by atoms with Gasteiger partial charge in [-0.3, -0.25) is 9.71 Å². The SMILES string of the molecule is C=Cc1cc(NS(=O)c2cc(-c3ccoc3)ccc2OC)cnc1C=C. The van der Waals surface area contributed by atoms with Crippen molar-refractivity contribution in [1.82, 2.24) is 4.98 Å². The smallest absolute Gasteiger partial charge is 0.154 e. The second kappa shape index (κ2) is 7.84. The normalized spacial score (nSPS) is 11.6. The van der Waals surface area contributed by atoms with Gasteiger partial charge >= 0.3 is 0 Å². The topological polar surface area (TPSA) is 64.4 Å². The number of aromatic nitrogens is 1. The standard InChI is InChI=1S/C20H18N2O3S/c1-4-14-10-17(12-21-18(14)5-2)22-26(23)20-11-15(6-7-19(20)24-3)16-8-9-25-13-16/h4-13,22H,1-2H2,3H3. The van der Waals surface area contributed by atoms with E-state index in [1.54, 1.807) is 44.1 Å². The van der Waals surface area contributed by atoms with E-state index < -0.39 is 11.0 Å². The maximum absolute atomic E-state index is 12.9. The minimum absolute atomic E-state index is 0.527. The first-order valence-electron chi connectivity index (χ1n) is 7.80. The molecule has 0 fully saturated rings. The van der Waals surface area contributed by atoms with Crippen molar-refractivity contribution in [3.63, 3.8) is 0 Å². The molecule has 0 spiro atoms. The van der Waals surface area contributed by atoms with Gasteiger partial charge in [-0.05, 0) is 35.9 Å². The van der Waals surface area contributed by atoms with Crippen molar-refractivity contribution in [2.24, 2.45) is 0 Å². The zero-order valence-electron chi connectivity index (χ0n) is 14.3. The van der Waals surface area contributed by atoms with Gasteiger partial charge in [0.2, 0.25) is 0 Å². The van der Waals surface area contributed by atoms with Gasteiger partial charge in [0.25, 0.3) is 0 Å². The van der Waals surface area contributed by atoms with Gasteiger partial charge in [-0.15, -0.1) is 0 Å². The highest BCUT2D eigenvalue weighted by molar-refractivity contribution is 7.86. The third kappa shape index (κ3) is 3.60. The Bertz CT molecular complexity index is 965. The highest BCUT2D eigenvalue weighted by atomic mass is 32.2. The Morgan fingerprint density at radius 3 is 2.69 bits per heavy atom. The lowest BCUT2D eigenvalue weighted by Gasteiger charge is -2.12. The Morgan fingerprint density at radius 2 is 2.04 bits per heavy atom. The monoisotopic (exact) mass is 366 g/mol. The summed E-state index contributed by atoms with van der Waals surface area (Å²) < 4.78 is 26.3. The molecule has 0 aliphatic carbocycles. The molecule has 132 valence electrons. The number of anilines is 1. The molecular weight excluding hydrogens is 348 g/mol. The Kier molecular flexibility index (Phi) is 5.34. The number of nitrogens with zero attached hydrogens (tertiary/aromatic N) is 1. The number of nitrogens with one attached hydrogen (secondary N) is 1. The van der Waals surface area contributed by atoms with Crippen molar-refractivity contribution in [3.8, 4) is 16.9 Å². The predicted octanol–water partition coefficient (Wildman–Crippen LogP) is 4.77. The van der Waals surface area contributed by atoms with Crippen LogP contribution in [-0.2, 0) is 11.0 Å². The van der Waals surface area contributed by atoms with Crippen LogP contribution in [0.5, 0.6) is 5.75 Å². The summed E-state index contributed by atoms with van der Waals surface area (Å²) in [6.45, 7) is 7.48. The Hall–Kier alpha value is -3.12. The molecule has 6 heteroatoms. The largest absolute Gasteiger partial charge is 0.495 e. The van der Waals surface area contributed by atoms with Crippen LogP contribution in [0, 0.1) is 0 Å². The number of furan rings is 1. The van der Waals surface area contributed by atoms with Gasteiger partial charge in [0, 0.05) is 11.1 Å². The summed E-state index contributed by atoms with van der Waals surface area (Å²) in [6, 6.07) is 9.15. The van der Waals surface area contributed by atoms with Crippen LogP contribution in [0.2, 0.25) is 0 Å². The van der Waals surface area contributed by atoms with Gasteiger partial charge in [-0.25, -0.2) is 4.21 Å². The number of pyridine rings is 1. The van der Waals surface area contributed by atoms with Gasteiger partial charge in [0.15, 0.2) is 11.0 Å². The first-order valence-corrected chi connectivity index (χ1v) is 8.95. The van der Waals surface area contributed by atoms with E-state index in [2.05, 4.69) is 22.9 Å². The van der Waals surface area contributed by atoms with E-state index in [1.807, 2.05) is 24.3 Å². The average molecular weight is 366 g/mol. The first-order chi connectivity index (χ1) is 12.7. The summed E-state index contributed by atoms with van der Waals surface area (Å²) in [7, 11) is 0.00317. The lowest BCUT2D eigenvalue weighted by atomic mass is 10.1. The van der Waals surface area contributed by atoms with E-state index in [1.165, 1.54) is 0 Å². The quantitative estimate of drug-likeness (QED) is 0.654. The van der Waals surface area contributed by atoms with E-state index in [0.29, 0.717) is 16.3 Å². The number of benzene rings is 1. The van der Waals surface area contributed by atoms with Crippen LogP contribution in [0.1, 0.15) is 11.3 Å². The van der Waals surface area contributed by atoms with Crippen molar-refractivity contribution in [2.75, 3.05) is 11.8 Å². The summed E-state index contributed by atoms with van der Waals surface area (Å²) >= 11 is 0. The van der Waals surface area contributed by atoms with Crippen LogP contribution in [0.3, 0.4) is 0 Å². The van der Waals surface area contributed by atoms with E-state index in [0.717, 1.165) is 22.4 Å². The van der Waals surface area contributed by atoms with Crippen LogP contribution in [0.25, 0.3) is 23.3 Å². The molecule has 0 saturated heterocycles. The first kappa shape index (κ1) is 17.7. The third-order valence-corrected chi connectivity index (χ3v) is 4.93.